The quantitative estimate of drug-likeness (QED) is 0.364. The van der Waals surface area contributed by atoms with Crippen molar-refractivity contribution in [2.24, 2.45) is 0 Å². The molecular formula is C23H18INO4. The molecule has 0 spiro atoms. The summed E-state index contributed by atoms with van der Waals surface area (Å²) in [5.41, 5.74) is 1.82. The minimum absolute atomic E-state index is 0.214. The van der Waals surface area contributed by atoms with E-state index in [1.165, 1.54) is 6.08 Å². The number of hydrogen-bond donors (Lipinski definition) is 2. The number of halogens is 1. The van der Waals surface area contributed by atoms with Gasteiger partial charge in [0.15, 0.2) is 0 Å². The van der Waals surface area contributed by atoms with Crippen molar-refractivity contribution in [2.75, 3.05) is 0 Å². The van der Waals surface area contributed by atoms with E-state index < -0.39 is 11.9 Å². The van der Waals surface area contributed by atoms with Crippen LogP contribution >= 0.6 is 22.6 Å². The highest BCUT2D eigenvalue weighted by Gasteiger charge is 2.13. The molecular weight excluding hydrogens is 481 g/mol. The van der Waals surface area contributed by atoms with Crippen LogP contribution in [-0.2, 0) is 11.4 Å². The lowest BCUT2D eigenvalue weighted by Crippen LogP contribution is -2.27. The fraction of sp³-hybridized carbons (Fsp3) is 0.0435. The standard InChI is InChI=1S/C23H18INO4/c24-19-10-4-7-17(12-19)15-29-20-11-5-6-16(13-20)14-21(23(27)28)25-22(26)18-8-2-1-3-9-18/h1-14H,15H2,(H,25,26)(H,27,28). The number of carbonyl (C=O) groups excluding carboxylic acids is 1. The molecule has 0 saturated heterocycles. The van der Waals surface area contributed by atoms with E-state index in [0.717, 1.165) is 9.13 Å². The molecule has 0 saturated carbocycles. The first-order valence-electron chi connectivity index (χ1n) is 8.80. The number of hydrogen-bond acceptors (Lipinski definition) is 3. The molecule has 0 aromatic heterocycles. The van der Waals surface area contributed by atoms with Crippen LogP contribution in [0.5, 0.6) is 5.75 Å². The van der Waals surface area contributed by atoms with E-state index in [2.05, 4.69) is 27.9 Å². The Bertz CT molecular complexity index is 1050. The number of ether oxygens (including phenoxy) is 1. The monoisotopic (exact) mass is 499 g/mol. The smallest absolute Gasteiger partial charge is 0.352 e. The number of aliphatic carboxylic acids is 1. The molecule has 3 rings (SSSR count). The van der Waals surface area contributed by atoms with Crippen LogP contribution in [0, 0.1) is 3.57 Å². The van der Waals surface area contributed by atoms with Crippen molar-refractivity contribution < 1.29 is 19.4 Å². The maximum atomic E-state index is 12.3. The lowest BCUT2D eigenvalue weighted by Gasteiger charge is -2.09. The van der Waals surface area contributed by atoms with Gasteiger partial charge in [-0.3, -0.25) is 4.79 Å². The maximum absolute atomic E-state index is 12.3. The molecule has 0 bridgehead atoms. The highest BCUT2D eigenvalue weighted by molar-refractivity contribution is 14.1. The second kappa shape index (κ2) is 9.88. The summed E-state index contributed by atoms with van der Waals surface area (Å²) >= 11 is 2.24. The van der Waals surface area contributed by atoms with Crippen molar-refractivity contribution in [3.05, 3.63) is 105 Å². The Kier molecular flexibility index (Phi) is 7.02. The molecule has 0 unspecified atom stereocenters. The third kappa shape index (κ3) is 6.18. The largest absolute Gasteiger partial charge is 0.489 e. The van der Waals surface area contributed by atoms with E-state index in [1.54, 1.807) is 54.6 Å². The average Bonchev–Trinajstić information content (AvgIpc) is 2.72. The molecule has 0 aliphatic heterocycles. The molecule has 3 aromatic carbocycles. The molecule has 2 N–H and O–H groups in total. The highest BCUT2D eigenvalue weighted by Crippen LogP contribution is 2.18. The van der Waals surface area contributed by atoms with Crippen LogP contribution in [0.1, 0.15) is 21.5 Å². The summed E-state index contributed by atoms with van der Waals surface area (Å²) in [5.74, 6) is -1.10. The first-order valence-corrected chi connectivity index (χ1v) is 9.88. The second-order valence-corrected chi connectivity index (χ2v) is 7.42. The van der Waals surface area contributed by atoms with E-state index in [-0.39, 0.29) is 5.70 Å². The molecule has 29 heavy (non-hydrogen) atoms. The van der Waals surface area contributed by atoms with Gasteiger partial charge in [-0.05, 0) is 76.2 Å². The topological polar surface area (TPSA) is 75.6 Å². The molecule has 5 nitrogen and oxygen atoms in total. The molecule has 0 aliphatic carbocycles. The summed E-state index contributed by atoms with van der Waals surface area (Å²) in [6, 6.07) is 23.5. The lowest BCUT2D eigenvalue weighted by atomic mass is 10.1. The molecule has 0 atom stereocenters. The van der Waals surface area contributed by atoms with Crippen LogP contribution in [0.3, 0.4) is 0 Å². The normalized spacial score (nSPS) is 11.0. The van der Waals surface area contributed by atoms with Crippen LogP contribution in [0.15, 0.2) is 84.6 Å². The van der Waals surface area contributed by atoms with Gasteiger partial charge in [-0.1, -0.05) is 42.5 Å². The Hall–Kier alpha value is -3.13. The number of carboxylic acids is 1. The molecule has 0 aliphatic rings. The minimum Gasteiger partial charge on any atom is -0.489 e. The van der Waals surface area contributed by atoms with Crippen molar-refractivity contribution in [1.29, 1.82) is 0 Å². The van der Waals surface area contributed by atoms with E-state index in [0.29, 0.717) is 23.5 Å². The third-order valence-corrected chi connectivity index (χ3v) is 4.65. The number of carbonyl (C=O) groups is 2. The molecule has 1 amide bonds. The predicted octanol–water partition coefficient (Wildman–Crippen LogP) is 4.73. The summed E-state index contributed by atoms with van der Waals surface area (Å²) in [6.45, 7) is 0.403. The van der Waals surface area contributed by atoms with Crippen molar-refractivity contribution in [2.45, 2.75) is 6.61 Å². The van der Waals surface area contributed by atoms with Crippen LogP contribution < -0.4 is 10.1 Å². The highest BCUT2D eigenvalue weighted by atomic mass is 127. The van der Waals surface area contributed by atoms with Crippen LogP contribution in [0.2, 0.25) is 0 Å². The van der Waals surface area contributed by atoms with Gasteiger partial charge in [0.1, 0.15) is 18.1 Å². The van der Waals surface area contributed by atoms with Crippen molar-refractivity contribution >= 4 is 40.5 Å². The molecule has 0 radical (unpaired) electrons. The molecule has 6 heteroatoms. The molecule has 0 fully saturated rings. The summed E-state index contributed by atoms with van der Waals surface area (Å²) in [6.07, 6.45) is 1.40. The van der Waals surface area contributed by atoms with Gasteiger partial charge >= 0.3 is 5.97 Å². The molecule has 0 heterocycles. The zero-order valence-electron chi connectivity index (χ0n) is 15.3. The first-order chi connectivity index (χ1) is 14.0. The van der Waals surface area contributed by atoms with Crippen molar-refractivity contribution in [1.82, 2.24) is 5.32 Å². The lowest BCUT2D eigenvalue weighted by molar-refractivity contribution is -0.132. The number of nitrogens with one attached hydrogen (secondary N) is 1. The maximum Gasteiger partial charge on any atom is 0.352 e. The predicted molar refractivity (Wildman–Crippen MR) is 119 cm³/mol. The molecule has 146 valence electrons. The van der Waals surface area contributed by atoms with Gasteiger partial charge in [0.05, 0.1) is 0 Å². The number of benzene rings is 3. The Balaban J connectivity index is 1.73. The summed E-state index contributed by atoms with van der Waals surface area (Å²) in [7, 11) is 0. The van der Waals surface area contributed by atoms with Crippen LogP contribution in [-0.4, -0.2) is 17.0 Å². The van der Waals surface area contributed by atoms with Crippen molar-refractivity contribution in [3.8, 4) is 5.75 Å². The van der Waals surface area contributed by atoms with Crippen molar-refractivity contribution in [3.63, 3.8) is 0 Å². The van der Waals surface area contributed by atoms with E-state index in [1.807, 2.05) is 24.3 Å². The Morgan fingerprint density at radius 1 is 0.966 bits per heavy atom. The Morgan fingerprint density at radius 3 is 2.45 bits per heavy atom. The zero-order valence-corrected chi connectivity index (χ0v) is 17.5. The van der Waals surface area contributed by atoms with Gasteiger partial charge in [0.2, 0.25) is 0 Å². The van der Waals surface area contributed by atoms with Gasteiger partial charge in [0.25, 0.3) is 5.91 Å². The second-order valence-electron chi connectivity index (χ2n) is 6.17. The van der Waals surface area contributed by atoms with E-state index >= 15 is 0 Å². The summed E-state index contributed by atoms with van der Waals surface area (Å²) in [5, 5.41) is 11.9. The average molecular weight is 499 g/mol. The zero-order chi connectivity index (χ0) is 20.6. The fourth-order valence-electron chi connectivity index (χ4n) is 2.59. The van der Waals surface area contributed by atoms with Crippen LogP contribution in [0.25, 0.3) is 6.08 Å². The number of amides is 1. The van der Waals surface area contributed by atoms with E-state index in [4.69, 9.17) is 4.74 Å². The molecule has 3 aromatic rings. The summed E-state index contributed by atoms with van der Waals surface area (Å²) in [4.78, 5) is 23.8. The van der Waals surface area contributed by atoms with Gasteiger partial charge in [-0.2, -0.15) is 0 Å². The SMILES string of the molecule is O=C(O)C(=Cc1cccc(OCc2cccc(I)c2)c1)NC(=O)c1ccccc1. The Labute approximate surface area is 182 Å². The van der Waals surface area contributed by atoms with Gasteiger partial charge < -0.3 is 15.2 Å². The minimum atomic E-state index is -1.22. The fourth-order valence-corrected chi connectivity index (χ4v) is 3.20. The van der Waals surface area contributed by atoms with Gasteiger partial charge in [0, 0.05) is 9.13 Å². The van der Waals surface area contributed by atoms with Gasteiger partial charge in [-0.25, -0.2) is 4.79 Å². The van der Waals surface area contributed by atoms with E-state index in [9.17, 15) is 14.7 Å². The summed E-state index contributed by atoms with van der Waals surface area (Å²) < 4.78 is 6.94. The first kappa shape index (κ1) is 20.6. The Morgan fingerprint density at radius 2 is 1.72 bits per heavy atom. The van der Waals surface area contributed by atoms with Crippen LogP contribution in [0.4, 0.5) is 0 Å². The number of rotatable bonds is 7. The third-order valence-electron chi connectivity index (χ3n) is 3.98. The van der Waals surface area contributed by atoms with Gasteiger partial charge in [-0.15, -0.1) is 0 Å². The number of carboxylic acid groups (broad SMARTS) is 1.